The molecule has 0 spiro atoms. The van der Waals surface area contributed by atoms with Gasteiger partial charge in [0.1, 0.15) is 17.5 Å². The number of hydrogen-bond donors (Lipinski definition) is 3. The van der Waals surface area contributed by atoms with Gasteiger partial charge in [0.2, 0.25) is 0 Å². The lowest BCUT2D eigenvalue weighted by Gasteiger charge is -2.17. The van der Waals surface area contributed by atoms with Gasteiger partial charge >= 0.3 is 6.18 Å². The monoisotopic (exact) mass is 278 g/mol. The van der Waals surface area contributed by atoms with E-state index in [1.54, 1.807) is 6.92 Å². The summed E-state index contributed by atoms with van der Waals surface area (Å²) in [6.45, 7) is 4.61. The molecule has 5 nitrogen and oxygen atoms in total. The Kier molecular flexibility index (Phi) is 4.56. The van der Waals surface area contributed by atoms with Crippen LogP contribution in [0, 0.1) is 6.92 Å². The number of alkyl halides is 3. The quantitative estimate of drug-likeness (QED) is 0.782. The minimum Gasteiger partial charge on any atom is -0.383 e. The Hall–Kier alpha value is -1.57. The van der Waals surface area contributed by atoms with Crippen molar-refractivity contribution in [2.45, 2.75) is 39.0 Å². The summed E-state index contributed by atoms with van der Waals surface area (Å²) in [7, 11) is 0. The van der Waals surface area contributed by atoms with Crippen LogP contribution in [0.5, 0.6) is 0 Å². The van der Waals surface area contributed by atoms with Crippen molar-refractivity contribution >= 4 is 11.6 Å². The van der Waals surface area contributed by atoms with Gasteiger partial charge in [0, 0.05) is 11.5 Å². The molecule has 1 unspecified atom stereocenters. The van der Waals surface area contributed by atoms with E-state index in [2.05, 4.69) is 15.3 Å². The summed E-state index contributed by atoms with van der Waals surface area (Å²) >= 11 is 0. The van der Waals surface area contributed by atoms with Gasteiger partial charge in [-0.15, -0.1) is 0 Å². The van der Waals surface area contributed by atoms with Crippen molar-refractivity contribution in [3.8, 4) is 0 Å². The lowest BCUT2D eigenvalue weighted by atomic mass is 10.2. The van der Waals surface area contributed by atoms with Gasteiger partial charge in [0.05, 0.1) is 6.54 Å². The molecule has 1 rings (SSSR count). The molecule has 8 heteroatoms. The van der Waals surface area contributed by atoms with E-state index in [1.807, 2.05) is 13.8 Å². The smallest absolute Gasteiger partial charge is 0.383 e. The molecule has 0 aliphatic heterocycles. The minimum atomic E-state index is -4.67. The zero-order valence-electron chi connectivity index (χ0n) is 10.9. The van der Waals surface area contributed by atoms with E-state index in [0.717, 1.165) is 0 Å². The molecule has 1 aromatic heterocycles. The molecule has 1 aromatic rings. The number of aromatic nitrogens is 2. The zero-order chi connectivity index (χ0) is 14.8. The van der Waals surface area contributed by atoms with Crippen molar-refractivity contribution in [3.63, 3.8) is 0 Å². The number of aliphatic hydroxyl groups is 1. The van der Waals surface area contributed by atoms with Crippen molar-refractivity contribution in [2.24, 2.45) is 0 Å². The van der Waals surface area contributed by atoms with Crippen molar-refractivity contribution < 1.29 is 18.3 Å². The lowest BCUT2D eigenvalue weighted by molar-refractivity contribution is -0.198. The van der Waals surface area contributed by atoms with Crippen LogP contribution in [0.4, 0.5) is 24.8 Å². The van der Waals surface area contributed by atoms with Gasteiger partial charge in [0.15, 0.2) is 6.10 Å². The Labute approximate surface area is 109 Å². The highest BCUT2D eigenvalue weighted by atomic mass is 19.4. The Morgan fingerprint density at radius 2 is 1.89 bits per heavy atom. The first-order chi connectivity index (χ1) is 8.62. The van der Waals surface area contributed by atoms with Crippen LogP contribution >= 0.6 is 0 Å². The second-order valence-corrected chi connectivity index (χ2v) is 4.53. The number of nitrogens with two attached hydrogens (primary N) is 1. The van der Waals surface area contributed by atoms with Gasteiger partial charge in [-0.05, 0) is 6.92 Å². The van der Waals surface area contributed by atoms with E-state index in [4.69, 9.17) is 10.8 Å². The van der Waals surface area contributed by atoms with E-state index >= 15 is 0 Å². The van der Waals surface area contributed by atoms with E-state index in [0.29, 0.717) is 11.4 Å². The van der Waals surface area contributed by atoms with E-state index in [-0.39, 0.29) is 17.6 Å². The third-order valence-electron chi connectivity index (χ3n) is 2.56. The van der Waals surface area contributed by atoms with E-state index < -0.39 is 18.8 Å². The minimum absolute atomic E-state index is 0.00371. The fourth-order valence-corrected chi connectivity index (χ4v) is 1.29. The zero-order valence-corrected chi connectivity index (χ0v) is 10.9. The van der Waals surface area contributed by atoms with Crippen LogP contribution in [0.3, 0.4) is 0 Å². The molecule has 108 valence electrons. The van der Waals surface area contributed by atoms with Gasteiger partial charge in [0.25, 0.3) is 0 Å². The van der Waals surface area contributed by atoms with Crippen molar-refractivity contribution in [3.05, 3.63) is 11.4 Å². The maximum atomic E-state index is 12.2. The van der Waals surface area contributed by atoms with Crippen LogP contribution in [0.1, 0.15) is 31.2 Å². The molecule has 1 atom stereocenters. The molecule has 4 N–H and O–H groups in total. The third kappa shape index (κ3) is 3.95. The molecule has 0 aliphatic carbocycles. The van der Waals surface area contributed by atoms with Crippen molar-refractivity contribution in [1.29, 1.82) is 0 Å². The molecule has 0 aliphatic rings. The van der Waals surface area contributed by atoms with Crippen LogP contribution in [-0.2, 0) is 0 Å². The van der Waals surface area contributed by atoms with Crippen LogP contribution < -0.4 is 11.1 Å². The highest BCUT2D eigenvalue weighted by Crippen LogP contribution is 2.23. The number of aliphatic hydroxyl groups excluding tert-OH is 1. The van der Waals surface area contributed by atoms with Crippen LogP contribution in [0.15, 0.2) is 0 Å². The number of halogens is 3. The molecule has 0 saturated carbocycles. The summed E-state index contributed by atoms with van der Waals surface area (Å²) in [5.41, 5.74) is 6.13. The number of hydrogen-bond acceptors (Lipinski definition) is 5. The van der Waals surface area contributed by atoms with Crippen molar-refractivity contribution in [2.75, 3.05) is 17.6 Å². The first kappa shape index (κ1) is 15.5. The summed E-state index contributed by atoms with van der Waals surface area (Å²) in [5, 5.41) is 11.4. The summed E-state index contributed by atoms with van der Waals surface area (Å²) in [5.74, 6) is 0.852. The Bertz CT molecular complexity index is 448. The Morgan fingerprint density at radius 1 is 1.32 bits per heavy atom. The molecule has 0 amide bonds. The summed E-state index contributed by atoms with van der Waals surface area (Å²) < 4.78 is 36.6. The number of nitrogen functional groups attached to an aromatic ring is 1. The summed E-state index contributed by atoms with van der Waals surface area (Å²) in [6.07, 6.45) is -7.12. The number of nitrogens with zero attached hydrogens (tertiary/aromatic N) is 2. The highest BCUT2D eigenvalue weighted by Gasteiger charge is 2.38. The standard InChI is InChI=1S/C11H17F3N4O/c1-5(2)9-17-8(15)6(3)10(18-9)16-4-7(19)11(12,13)14/h5,7,19H,4H2,1-3H3,(H3,15,16,17,18). The summed E-state index contributed by atoms with van der Waals surface area (Å²) in [4.78, 5) is 8.16. The number of nitrogens with one attached hydrogen (secondary N) is 1. The Morgan fingerprint density at radius 3 is 2.37 bits per heavy atom. The predicted molar refractivity (Wildman–Crippen MR) is 65.8 cm³/mol. The molecule has 0 bridgehead atoms. The summed E-state index contributed by atoms with van der Waals surface area (Å²) in [6, 6.07) is 0. The second-order valence-electron chi connectivity index (χ2n) is 4.53. The molecule has 0 fully saturated rings. The van der Waals surface area contributed by atoms with Crippen molar-refractivity contribution in [1.82, 2.24) is 9.97 Å². The number of anilines is 2. The predicted octanol–water partition coefficient (Wildman–Crippen LogP) is 1.83. The number of rotatable bonds is 4. The molecule has 0 saturated heterocycles. The average Bonchev–Trinajstić information content (AvgIpc) is 2.28. The van der Waals surface area contributed by atoms with Gasteiger partial charge in [-0.25, -0.2) is 9.97 Å². The van der Waals surface area contributed by atoms with Crippen LogP contribution in [0.2, 0.25) is 0 Å². The third-order valence-corrected chi connectivity index (χ3v) is 2.56. The lowest BCUT2D eigenvalue weighted by Crippen LogP contribution is -2.35. The van der Waals surface area contributed by atoms with Gasteiger partial charge in [-0.1, -0.05) is 13.8 Å². The van der Waals surface area contributed by atoms with Crippen LogP contribution in [-0.4, -0.2) is 33.9 Å². The maximum Gasteiger partial charge on any atom is 0.416 e. The molecule has 1 heterocycles. The maximum absolute atomic E-state index is 12.2. The molecule has 0 aromatic carbocycles. The van der Waals surface area contributed by atoms with Gasteiger partial charge < -0.3 is 16.2 Å². The SMILES string of the molecule is Cc1c(N)nc(C(C)C)nc1NCC(O)C(F)(F)F. The van der Waals surface area contributed by atoms with E-state index in [1.165, 1.54) is 0 Å². The average molecular weight is 278 g/mol. The molecular formula is C11H17F3N4O. The Balaban J connectivity index is 2.89. The van der Waals surface area contributed by atoms with Gasteiger partial charge in [-0.3, -0.25) is 0 Å². The molecular weight excluding hydrogens is 261 g/mol. The normalized spacial score (nSPS) is 13.7. The first-order valence-corrected chi connectivity index (χ1v) is 5.75. The topological polar surface area (TPSA) is 84.1 Å². The second kappa shape index (κ2) is 5.60. The van der Waals surface area contributed by atoms with Gasteiger partial charge in [-0.2, -0.15) is 13.2 Å². The highest BCUT2D eigenvalue weighted by molar-refractivity contribution is 5.55. The molecule has 19 heavy (non-hydrogen) atoms. The first-order valence-electron chi connectivity index (χ1n) is 5.75. The fraction of sp³-hybridized carbons (Fsp3) is 0.636. The molecule has 0 radical (unpaired) electrons. The fourth-order valence-electron chi connectivity index (χ4n) is 1.29. The largest absolute Gasteiger partial charge is 0.416 e. The van der Waals surface area contributed by atoms with Crippen LogP contribution in [0.25, 0.3) is 0 Å². The van der Waals surface area contributed by atoms with E-state index in [9.17, 15) is 13.2 Å².